The number of pyridine rings is 1. The summed E-state index contributed by atoms with van der Waals surface area (Å²) in [6, 6.07) is 4.61. The number of nitrogens with zero attached hydrogens (tertiary/aromatic N) is 2. The maximum atomic E-state index is 5.97. The van der Waals surface area contributed by atoms with Gasteiger partial charge >= 0.3 is 0 Å². The van der Waals surface area contributed by atoms with Crippen LogP contribution in [0.5, 0.6) is 0 Å². The summed E-state index contributed by atoms with van der Waals surface area (Å²) in [7, 11) is 2.10. The van der Waals surface area contributed by atoms with Gasteiger partial charge in [0, 0.05) is 19.7 Å². The van der Waals surface area contributed by atoms with Gasteiger partial charge in [0.15, 0.2) is 0 Å². The van der Waals surface area contributed by atoms with Crippen LogP contribution in [-0.4, -0.2) is 30.8 Å². The number of hydrogen-bond acceptors (Lipinski definition) is 4. The summed E-state index contributed by atoms with van der Waals surface area (Å²) < 4.78 is 5.61. The topological polar surface area (TPSA) is 51.4 Å². The molecular weight excluding hydrogens is 226 g/mol. The largest absolute Gasteiger partial charge is 0.376 e. The van der Waals surface area contributed by atoms with Crippen molar-refractivity contribution in [1.29, 1.82) is 0 Å². The minimum atomic E-state index is 0.0399. The molecule has 0 aromatic carbocycles. The third-order valence-corrected chi connectivity index (χ3v) is 3.83. The molecule has 4 heteroatoms. The molecule has 2 rings (SSSR count). The molecule has 0 radical (unpaired) electrons. The molecule has 1 fully saturated rings. The van der Waals surface area contributed by atoms with E-state index in [0.717, 1.165) is 30.8 Å². The van der Waals surface area contributed by atoms with Crippen LogP contribution in [0.2, 0.25) is 0 Å². The van der Waals surface area contributed by atoms with Crippen LogP contribution in [-0.2, 0) is 4.74 Å². The zero-order valence-corrected chi connectivity index (χ0v) is 11.5. The maximum absolute atomic E-state index is 5.97. The molecule has 1 aliphatic heterocycles. The standard InChI is InChI=1S/C14H23N3O/c1-4-12(15)13-6-5-11(9-16-13)17(3)14-7-8-18-10(14)2/h5-6,9-10,12,14H,4,7-8,15H2,1-3H3. The van der Waals surface area contributed by atoms with Crippen molar-refractivity contribution in [2.45, 2.75) is 44.9 Å². The molecule has 3 atom stereocenters. The third kappa shape index (κ3) is 2.65. The lowest BCUT2D eigenvalue weighted by Gasteiger charge is -2.28. The third-order valence-electron chi connectivity index (χ3n) is 3.83. The second kappa shape index (κ2) is 5.67. The van der Waals surface area contributed by atoms with Crippen LogP contribution in [0, 0.1) is 0 Å². The Kier molecular flexibility index (Phi) is 4.19. The average molecular weight is 249 g/mol. The van der Waals surface area contributed by atoms with Crippen molar-refractivity contribution in [1.82, 2.24) is 4.98 Å². The summed E-state index contributed by atoms with van der Waals surface area (Å²) in [5.74, 6) is 0. The van der Waals surface area contributed by atoms with Crippen LogP contribution in [0.4, 0.5) is 5.69 Å². The van der Waals surface area contributed by atoms with Gasteiger partial charge < -0.3 is 15.4 Å². The van der Waals surface area contributed by atoms with Gasteiger partial charge in [-0.15, -0.1) is 0 Å². The molecule has 100 valence electrons. The van der Waals surface area contributed by atoms with Gasteiger partial charge in [-0.1, -0.05) is 6.92 Å². The van der Waals surface area contributed by atoms with Gasteiger partial charge in [-0.3, -0.25) is 4.98 Å². The number of ether oxygens (including phenoxy) is 1. The van der Waals surface area contributed by atoms with Crippen LogP contribution >= 0.6 is 0 Å². The number of aromatic nitrogens is 1. The van der Waals surface area contributed by atoms with Crippen LogP contribution in [0.1, 0.15) is 38.4 Å². The molecule has 0 amide bonds. The molecule has 1 saturated heterocycles. The Balaban J connectivity index is 2.09. The van der Waals surface area contributed by atoms with E-state index in [-0.39, 0.29) is 12.1 Å². The predicted molar refractivity (Wildman–Crippen MR) is 73.7 cm³/mol. The zero-order chi connectivity index (χ0) is 13.1. The smallest absolute Gasteiger partial charge is 0.0750 e. The Morgan fingerprint density at radius 1 is 1.56 bits per heavy atom. The fraction of sp³-hybridized carbons (Fsp3) is 0.643. The van der Waals surface area contributed by atoms with Crippen molar-refractivity contribution in [3.8, 4) is 0 Å². The highest BCUT2D eigenvalue weighted by molar-refractivity contribution is 5.45. The normalized spacial score (nSPS) is 25.1. The zero-order valence-electron chi connectivity index (χ0n) is 11.5. The summed E-state index contributed by atoms with van der Waals surface area (Å²) in [6.07, 6.45) is 4.19. The number of rotatable bonds is 4. The van der Waals surface area contributed by atoms with Crippen molar-refractivity contribution < 1.29 is 4.74 Å². The first-order valence-corrected chi connectivity index (χ1v) is 6.69. The van der Waals surface area contributed by atoms with Crippen LogP contribution in [0.3, 0.4) is 0 Å². The van der Waals surface area contributed by atoms with Crippen LogP contribution < -0.4 is 10.6 Å². The quantitative estimate of drug-likeness (QED) is 0.888. The van der Waals surface area contributed by atoms with Crippen LogP contribution in [0.25, 0.3) is 0 Å². The SMILES string of the molecule is CCC(N)c1ccc(N(C)C2CCOC2C)cn1. The Labute approximate surface area is 109 Å². The highest BCUT2D eigenvalue weighted by atomic mass is 16.5. The van der Waals surface area contributed by atoms with Crippen LogP contribution in [0.15, 0.2) is 18.3 Å². The second-order valence-corrected chi connectivity index (χ2v) is 5.00. The Morgan fingerprint density at radius 2 is 2.33 bits per heavy atom. The molecule has 1 aliphatic rings. The molecule has 0 saturated carbocycles. The molecule has 18 heavy (non-hydrogen) atoms. The lowest BCUT2D eigenvalue weighted by molar-refractivity contribution is 0.118. The van der Waals surface area contributed by atoms with Gasteiger partial charge in [-0.25, -0.2) is 0 Å². The Morgan fingerprint density at radius 3 is 2.83 bits per heavy atom. The molecule has 0 aliphatic carbocycles. The first-order valence-electron chi connectivity index (χ1n) is 6.69. The summed E-state index contributed by atoms with van der Waals surface area (Å²) in [4.78, 5) is 6.72. The van der Waals surface area contributed by atoms with Crippen molar-refractivity contribution in [3.63, 3.8) is 0 Å². The number of nitrogens with two attached hydrogens (primary N) is 1. The summed E-state index contributed by atoms with van der Waals surface area (Å²) in [5, 5.41) is 0. The number of likely N-dealkylation sites (N-methyl/N-ethyl adjacent to an activating group) is 1. The molecule has 2 heterocycles. The number of anilines is 1. The highest BCUT2D eigenvalue weighted by Gasteiger charge is 2.28. The van der Waals surface area contributed by atoms with Crippen molar-refractivity contribution in [2.24, 2.45) is 5.73 Å². The van der Waals surface area contributed by atoms with E-state index in [1.807, 2.05) is 12.3 Å². The monoisotopic (exact) mass is 249 g/mol. The lowest BCUT2D eigenvalue weighted by Crippen LogP contribution is -2.36. The number of hydrogen-bond donors (Lipinski definition) is 1. The fourth-order valence-corrected chi connectivity index (χ4v) is 2.46. The first-order chi connectivity index (χ1) is 8.63. The molecule has 1 aromatic heterocycles. The van der Waals surface area contributed by atoms with Gasteiger partial charge in [0.1, 0.15) is 0 Å². The lowest BCUT2D eigenvalue weighted by atomic mass is 10.1. The molecule has 2 N–H and O–H groups in total. The molecule has 0 spiro atoms. The highest BCUT2D eigenvalue weighted by Crippen LogP contribution is 2.24. The minimum absolute atomic E-state index is 0.0399. The summed E-state index contributed by atoms with van der Waals surface area (Å²) >= 11 is 0. The molecule has 3 unspecified atom stereocenters. The predicted octanol–water partition coefficient (Wildman–Crippen LogP) is 2.10. The van der Waals surface area contributed by atoms with Crippen molar-refractivity contribution in [3.05, 3.63) is 24.0 Å². The van der Waals surface area contributed by atoms with Gasteiger partial charge in [0.2, 0.25) is 0 Å². The molecule has 1 aromatic rings. The van der Waals surface area contributed by atoms with Gasteiger partial charge in [-0.2, -0.15) is 0 Å². The van der Waals surface area contributed by atoms with E-state index < -0.39 is 0 Å². The Bertz CT molecular complexity index is 379. The summed E-state index contributed by atoms with van der Waals surface area (Å²) in [6.45, 7) is 5.05. The van der Waals surface area contributed by atoms with Crippen molar-refractivity contribution in [2.75, 3.05) is 18.6 Å². The molecular formula is C14H23N3O. The molecule has 0 bridgehead atoms. The minimum Gasteiger partial charge on any atom is -0.376 e. The fourth-order valence-electron chi connectivity index (χ4n) is 2.46. The van der Waals surface area contributed by atoms with Gasteiger partial charge in [0.25, 0.3) is 0 Å². The molecule has 4 nitrogen and oxygen atoms in total. The Hall–Kier alpha value is -1.13. The summed E-state index contributed by atoms with van der Waals surface area (Å²) in [5.41, 5.74) is 8.06. The van der Waals surface area contributed by atoms with Gasteiger partial charge in [-0.05, 0) is 31.9 Å². The average Bonchev–Trinajstić information content (AvgIpc) is 2.83. The second-order valence-electron chi connectivity index (χ2n) is 5.00. The van der Waals surface area contributed by atoms with E-state index in [1.165, 1.54) is 0 Å². The van der Waals surface area contributed by atoms with E-state index in [1.54, 1.807) is 0 Å². The van der Waals surface area contributed by atoms with E-state index in [4.69, 9.17) is 10.5 Å². The van der Waals surface area contributed by atoms with E-state index in [0.29, 0.717) is 6.04 Å². The first kappa shape index (κ1) is 13.3. The van der Waals surface area contributed by atoms with Gasteiger partial charge in [0.05, 0.1) is 29.7 Å². The van der Waals surface area contributed by atoms with E-state index in [2.05, 4.69) is 36.8 Å². The maximum Gasteiger partial charge on any atom is 0.0750 e. The van der Waals surface area contributed by atoms with E-state index >= 15 is 0 Å². The van der Waals surface area contributed by atoms with E-state index in [9.17, 15) is 0 Å². The van der Waals surface area contributed by atoms with Crippen molar-refractivity contribution >= 4 is 5.69 Å².